The van der Waals surface area contributed by atoms with Crippen molar-refractivity contribution in [2.45, 2.75) is 18.9 Å². The van der Waals surface area contributed by atoms with Gasteiger partial charge in [0.2, 0.25) is 10.0 Å². The molecule has 1 fully saturated rings. The lowest BCUT2D eigenvalue weighted by Crippen LogP contribution is -2.39. The molecule has 1 aliphatic carbocycles. The third-order valence-electron chi connectivity index (χ3n) is 2.10. The van der Waals surface area contributed by atoms with Gasteiger partial charge in [-0.25, -0.2) is 13.1 Å². The quantitative estimate of drug-likeness (QED) is 0.590. The van der Waals surface area contributed by atoms with Gasteiger partial charge in [0.25, 0.3) is 0 Å². The van der Waals surface area contributed by atoms with Gasteiger partial charge < -0.3 is 5.73 Å². The number of rotatable bonds is 6. The molecule has 0 radical (unpaired) electrons. The second-order valence-electron chi connectivity index (χ2n) is 3.42. The second kappa shape index (κ2) is 4.21. The normalized spacial score (nSPS) is 19.8. The average Bonchev–Trinajstić information content (AvgIpc) is 2.82. The Morgan fingerprint density at radius 1 is 1.62 bits per heavy atom. The van der Waals surface area contributed by atoms with Gasteiger partial charge in [0.1, 0.15) is 0 Å². The Hall–Kier alpha value is -0.390. The largest absolute Gasteiger partial charge is 0.326 e. The van der Waals surface area contributed by atoms with Crippen LogP contribution in [-0.2, 0) is 10.0 Å². The zero-order valence-corrected chi connectivity index (χ0v) is 8.39. The van der Waals surface area contributed by atoms with Gasteiger partial charge in [-0.2, -0.15) is 0 Å². The molecule has 13 heavy (non-hydrogen) atoms. The van der Waals surface area contributed by atoms with Crippen molar-refractivity contribution < 1.29 is 8.42 Å². The van der Waals surface area contributed by atoms with Gasteiger partial charge in [0, 0.05) is 12.6 Å². The van der Waals surface area contributed by atoms with Gasteiger partial charge in [-0.15, -0.1) is 6.58 Å². The first-order chi connectivity index (χ1) is 6.05. The van der Waals surface area contributed by atoms with Crippen molar-refractivity contribution in [3.63, 3.8) is 0 Å². The minimum absolute atomic E-state index is 0.0282. The molecule has 3 N–H and O–H groups in total. The lowest BCUT2D eigenvalue weighted by molar-refractivity contribution is 0.549. The summed E-state index contributed by atoms with van der Waals surface area (Å²) in [5.41, 5.74) is 5.73. The van der Waals surface area contributed by atoms with Crippen molar-refractivity contribution in [2.75, 3.05) is 12.3 Å². The van der Waals surface area contributed by atoms with Crippen molar-refractivity contribution >= 4 is 10.0 Å². The molecular weight excluding hydrogens is 188 g/mol. The first-order valence-electron chi connectivity index (χ1n) is 4.39. The van der Waals surface area contributed by atoms with E-state index in [0.717, 1.165) is 12.8 Å². The van der Waals surface area contributed by atoms with Gasteiger partial charge in [-0.3, -0.25) is 0 Å². The highest BCUT2D eigenvalue weighted by Crippen LogP contribution is 2.31. The van der Waals surface area contributed by atoms with E-state index in [4.69, 9.17) is 5.73 Å². The van der Waals surface area contributed by atoms with Crippen LogP contribution in [0.4, 0.5) is 0 Å². The van der Waals surface area contributed by atoms with Crippen LogP contribution in [0.3, 0.4) is 0 Å². The highest BCUT2D eigenvalue weighted by atomic mass is 32.2. The van der Waals surface area contributed by atoms with Crippen LogP contribution in [0.2, 0.25) is 0 Å². The lowest BCUT2D eigenvalue weighted by Gasteiger charge is -2.10. The van der Waals surface area contributed by atoms with E-state index in [1.54, 1.807) is 0 Å². The Morgan fingerprint density at radius 3 is 2.69 bits per heavy atom. The topological polar surface area (TPSA) is 72.2 Å². The van der Waals surface area contributed by atoms with Crippen LogP contribution in [-0.4, -0.2) is 26.8 Å². The summed E-state index contributed by atoms with van der Waals surface area (Å²) in [6, 6.07) is -0.0282. The van der Waals surface area contributed by atoms with Crippen LogP contribution in [0.15, 0.2) is 12.7 Å². The maximum absolute atomic E-state index is 11.1. The number of hydrogen-bond donors (Lipinski definition) is 2. The van der Waals surface area contributed by atoms with Crippen molar-refractivity contribution in [1.82, 2.24) is 4.72 Å². The summed E-state index contributed by atoms with van der Waals surface area (Å²) in [7, 11) is -3.18. The summed E-state index contributed by atoms with van der Waals surface area (Å²) in [6.07, 6.45) is 3.62. The fourth-order valence-electron chi connectivity index (χ4n) is 1.13. The van der Waals surface area contributed by atoms with Crippen LogP contribution in [0.1, 0.15) is 12.8 Å². The highest BCUT2D eigenvalue weighted by Gasteiger charge is 2.28. The van der Waals surface area contributed by atoms with Gasteiger partial charge in [0.15, 0.2) is 0 Å². The summed E-state index contributed by atoms with van der Waals surface area (Å²) in [5.74, 6) is 0.483. The molecule has 0 aliphatic heterocycles. The van der Waals surface area contributed by atoms with Crippen LogP contribution < -0.4 is 10.5 Å². The Morgan fingerprint density at radius 2 is 2.23 bits per heavy atom. The molecule has 0 heterocycles. The van der Waals surface area contributed by atoms with Crippen molar-refractivity contribution in [1.29, 1.82) is 0 Å². The minimum Gasteiger partial charge on any atom is -0.326 e. The monoisotopic (exact) mass is 204 g/mol. The van der Waals surface area contributed by atoms with E-state index in [1.165, 1.54) is 6.08 Å². The predicted molar refractivity (Wildman–Crippen MR) is 52.7 cm³/mol. The Bertz CT molecular complexity index is 270. The molecule has 76 valence electrons. The lowest BCUT2D eigenvalue weighted by atomic mass is 10.2. The van der Waals surface area contributed by atoms with Crippen LogP contribution in [0.25, 0.3) is 0 Å². The first kappa shape index (κ1) is 10.7. The fourth-order valence-corrected chi connectivity index (χ4v) is 2.00. The summed E-state index contributed by atoms with van der Waals surface area (Å²) in [6.45, 7) is 3.72. The van der Waals surface area contributed by atoms with Crippen molar-refractivity contribution in [3.8, 4) is 0 Å². The van der Waals surface area contributed by atoms with Crippen molar-refractivity contribution in [3.05, 3.63) is 12.7 Å². The van der Waals surface area contributed by atoms with E-state index in [0.29, 0.717) is 12.5 Å². The molecule has 1 atom stereocenters. The number of nitrogens with two attached hydrogens (primary N) is 1. The third-order valence-corrected chi connectivity index (χ3v) is 3.38. The maximum Gasteiger partial charge on any atom is 0.215 e. The fraction of sp³-hybridized carbons (Fsp3) is 0.750. The maximum atomic E-state index is 11.1. The van der Waals surface area contributed by atoms with Crippen molar-refractivity contribution in [2.24, 2.45) is 11.7 Å². The van der Waals surface area contributed by atoms with E-state index in [-0.39, 0.29) is 11.8 Å². The average molecular weight is 204 g/mol. The molecule has 0 amide bonds. The van der Waals surface area contributed by atoms with E-state index in [9.17, 15) is 8.42 Å². The molecule has 0 aromatic heterocycles. The van der Waals surface area contributed by atoms with E-state index in [1.807, 2.05) is 0 Å². The first-order valence-corrected chi connectivity index (χ1v) is 6.04. The SMILES string of the molecule is C=CCS(=O)(=O)NCC(N)C1CC1. The zero-order chi connectivity index (χ0) is 9.90. The highest BCUT2D eigenvalue weighted by molar-refractivity contribution is 7.89. The molecule has 0 saturated heterocycles. The minimum atomic E-state index is -3.18. The van der Waals surface area contributed by atoms with Crippen LogP contribution in [0.5, 0.6) is 0 Å². The van der Waals surface area contributed by atoms with Crippen LogP contribution >= 0.6 is 0 Å². The van der Waals surface area contributed by atoms with E-state index in [2.05, 4.69) is 11.3 Å². The van der Waals surface area contributed by atoms with Gasteiger partial charge in [0.05, 0.1) is 5.75 Å². The molecule has 1 aliphatic rings. The Kier molecular flexibility index (Phi) is 3.47. The molecule has 0 bridgehead atoms. The van der Waals surface area contributed by atoms with E-state index < -0.39 is 10.0 Å². The Labute approximate surface area is 79.2 Å². The second-order valence-corrected chi connectivity index (χ2v) is 5.27. The number of nitrogens with one attached hydrogen (secondary N) is 1. The molecule has 1 rings (SSSR count). The summed E-state index contributed by atoms with van der Waals surface area (Å²) < 4.78 is 24.7. The molecule has 0 spiro atoms. The standard InChI is InChI=1S/C8H16N2O2S/c1-2-5-13(11,12)10-6-8(9)7-3-4-7/h2,7-8,10H,1,3-6,9H2. The molecular formula is C8H16N2O2S. The molecule has 0 aromatic rings. The molecule has 4 nitrogen and oxygen atoms in total. The predicted octanol–water partition coefficient (Wildman–Crippen LogP) is -0.171. The zero-order valence-electron chi connectivity index (χ0n) is 7.57. The van der Waals surface area contributed by atoms with E-state index >= 15 is 0 Å². The number of sulfonamides is 1. The summed E-state index contributed by atoms with van der Waals surface area (Å²) >= 11 is 0. The van der Waals surface area contributed by atoms with Crippen LogP contribution in [0, 0.1) is 5.92 Å². The molecule has 1 saturated carbocycles. The van der Waals surface area contributed by atoms with Gasteiger partial charge >= 0.3 is 0 Å². The molecule has 5 heteroatoms. The number of hydrogen-bond acceptors (Lipinski definition) is 3. The molecule has 1 unspecified atom stereocenters. The third kappa shape index (κ3) is 3.89. The van der Waals surface area contributed by atoms with Gasteiger partial charge in [-0.05, 0) is 18.8 Å². The Balaban J connectivity index is 2.27. The summed E-state index contributed by atoms with van der Waals surface area (Å²) in [4.78, 5) is 0. The smallest absolute Gasteiger partial charge is 0.215 e. The molecule has 0 aromatic carbocycles. The summed E-state index contributed by atoms with van der Waals surface area (Å²) in [5, 5.41) is 0. The van der Waals surface area contributed by atoms with Gasteiger partial charge in [-0.1, -0.05) is 6.08 Å².